The molecule has 0 radical (unpaired) electrons. The zero-order valence-corrected chi connectivity index (χ0v) is 18.1. The van der Waals surface area contributed by atoms with Gasteiger partial charge < -0.3 is 9.72 Å². The molecule has 1 aliphatic carbocycles. The standard InChI is InChI=1S/C19H21ClF4N2O3S/c1-10-17(30(3,27)28)26-16(25-10)15(11-4-5-14(21)13(20)6-11)29-9-18(2)7-12(8-18)19(22,23)24/h4-6,12,15H,7-9H2,1-3H3,(H,25,26). The van der Waals surface area contributed by atoms with Gasteiger partial charge >= 0.3 is 6.18 Å². The minimum Gasteiger partial charge on any atom is -0.365 e. The van der Waals surface area contributed by atoms with E-state index in [9.17, 15) is 26.0 Å². The first-order valence-corrected chi connectivity index (χ1v) is 11.4. The van der Waals surface area contributed by atoms with E-state index in [1.54, 1.807) is 6.92 Å². The van der Waals surface area contributed by atoms with Gasteiger partial charge in [-0.2, -0.15) is 13.2 Å². The van der Waals surface area contributed by atoms with Gasteiger partial charge in [-0.3, -0.25) is 0 Å². The van der Waals surface area contributed by atoms with Crippen molar-refractivity contribution in [2.45, 2.75) is 44.0 Å². The molecule has 1 N–H and O–H groups in total. The molecule has 1 aromatic carbocycles. The number of H-pyrrole nitrogens is 1. The Kier molecular flexibility index (Phi) is 5.98. The van der Waals surface area contributed by atoms with Gasteiger partial charge in [0.05, 0.1) is 23.2 Å². The van der Waals surface area contributed by atoms with Crippen LogP contribution in [0, 0.1) is 24.1 Å². The van der Waals surface area contributed by atoms with E-state index in [1.807, 2.05) is 0 Å². The zero-order chi connectivity index (χ0) is 22.5. The quantitative estimate of drug-likeness (QED) is 0.606. The SMILES string of the molecule is Cc1[nH]c(C(OCC2(C)CC(C(F)(F)F)C2)c2ccc(F)c(Cl)c2)nc1S(C)(=O)=O. The number of nitrogens with zero attached hydrogens (tertiary/aromatic N) is 1. The van der Waals surface area contributed by atoms with E-state index in [-0.39, 0.29) is 35.3 Å². The molecule has 1 unspecified atom stereocenters. The second kappa shape index (κ2) is 7.80. The second-order valence-electron chi connectivity index (χ2n) is 8.15. The molecule has 1 aliphatic rings. The summed E-state index contributed by atoms with van der Waals surface area (Å²) in [6.07, 6.45) is -4.33. The van der Waals surface area contributed by atoms with Crippen LogP contribution in [0.5, 0.6) is 0 Å². The lowest BCUT2D eigenvalue weighted by Gasteiger charge is -2.46. The number of halogens is 5. The average Bonchev–Trinajstić information content (AvgIpc) is 2.96. The third kappa shape index (κ3) is 4.81. The van der Waals surface area contributed by atoms with Crippen molar-refractivity contribution in [3.63, 3.8) is 0 Å². The molecule has 1 saturated carbocycles. The molecule has 3 rings (SSSR count). The summed E-state index contributed by atoms with van der Waals surface area (Å²) in [4.78, 5) is 6.98. The minimum atomic E-state index is -4.24. The van der Waals surface area contributed by atoms with Crippen molar-refractivity contribution in [3.8, 4) is 0 Å². The molecule has 166 valence electrons. The molecule has 1 atom stereocenters. The molecule has 0 spiro atoms. The van der Waals surface area contributed by atoms with E-state index in [1.165, 1.54) is 19.1 Å². The van der Waals surface area contributed by atoms with Gasteiger partial charge in [0.2, 0.25) is 0 Å². The lowest BCUT2D eigenvalue weighted by molar-refractivity contribution is -0.227. The molecule has 30 heavy (non-hydrogen) atoms. The topological polar surface area (TPSA) is 72.0 Å². The molecule has 1 fully saturated rings. The van der Waals surface area contributed by atoms with Crippen LogP contribution in [0.3, 0.4) is 0 Å². The smallest absolute Gasteiger partial charge is 0.365 e. The van der Waals surface area contributed by atoms with Crippen molar-refractivity contribution in [2.24, 2.45) is 11.3 Å². The molecule has 0 saturated heterocycles. The number of alkyl halides is 3. The minimum absolute atomic E-state index is 0.0206. The fraction of sp³-hybridized carbons (Fsp3) is 0.526. The van der Waals surface area contributed by atoms with Crippen LogP contribution >= 0.6 is 11.6 Å². The van der Waals surface area contributed by atoms with Crippen molar-refractivity contribution in [2.75, 3.05) is 12.9 Å². The number of ether oxygens (including phenoxy) is 1. The van der Waals surface area contributed by atoms with Gasteiger partial charge in [-0.25, -0.2) is 17.8 Å². The predicted octanol–water partition coefficient (Wildman–Crippen LogP) is 5.00. The van der Waals surface area contributed by atoms with Crippen LogP contribution in [0.2, 0.25) is 5.02 Å². The highest BCUT2D eigenvalue weighted by Gasteiger charge is 2.53. The molecule has 0 amide bonds. The molecule has 5 nitrogen and oxygen atoms in total. The summed E-state index contributed by atoms with van der Waals surface area (Å²) in [7, 11) is -3.61. The molecule has 1 aromatic heterocycles. The third-order valence-corrected chi connectivity index (χ3v) is 6.63. The van der Waals surface area contributed by atoms with Crippen molar-refractivity contribution >= 4 is 21.4 Å². The average molecular weight is 469 g/mol. The molecule has 1 heterocycles. The monoisotopic (exact) mass is 468 g/mol. The van der Waals surface area contributed by atoms with E-state index in [4.69, 9.17) is 16.3 Å². The highest BCUT2D eigenvalue weighted by molar-refractivity contribution is 7.90. The fourth-order valence-corrected chi connectivity index (χ4v) is 4.78. The Bertz CT molecular complexity index is 1050. The van der Waals surface area contributed by atoms with Crippen molar-refractivity contribution in [1.29, 1.82) is 0 Å². The number of rotatable bonds is 6. The molecular weight excluding hydrogens is 448 g/mol. The summed E-state index contributed by atoms with van der Waals surface area (Å²) in [5, 5.41) is -0.328. The summed E-state index contributed by atoms with van der Waals surface area (Å²) in [5.74, 6) is -1.87. The number of aryl methyl sites for hydroxylation is 1. The lowest BCUT2D eigenvalue weighted by Crippen LogP contribution is -2.45. The predicted molar refractivity (Wildman–Crippen MR) is 103 cm³/mol. The van der Waals surface area contributed by atoms with Crippen LogP contribution in [-0.2, 0) is 14.6 Å². The molecule has 0 aliphatic heterocycles. The van der Waals surface area contributed by atoms with E-state index < -0.39 is 39.3 Å². The van der Waals surface area contributed by atoms with Gasteiger partial charge in [0, 0.05) is 6.26 Å². The second-order valence-corrected chi connectivity index (χ2v) is 10.5. The largest absolute Gasteiger partial charge is 0.391 e. The Balaban J connectivity index is 1.89. The Morgan fingerprint density at radius 1 is 1.37 bits per heavy atom. The van der Waals surface area contributed by atoms with Crippen molar-refractivity contribution < 1.29 is 30.7 Å². The summed E-state index contributed by atoms with van der Waals surface area (Å²) < 4.78 is 81.9. The van der Waals surface area contributed by atoms with Crippen molar-refractivity contribution in [3.05, 3.63) is 46.1 Å². The van der Waals surface area contributed by atoms with Crippen LogP contribution in [0.15, 0.2) is 23.2 Å². The zero-order valence-electron chi connectivity index (χ0n) is 16.5. The van der Waals surface area contributed by atoms with E-state index >= 15 is 0 Å². The Morgan fingerprint density at radius 2 is 2.00 bits per heavy atom. The van der Waals surface area contributed by atoms with Gasteiger partial charge in [-0.15, -0.1) is 0 Å². The van der Waals surface area contributed by atoms with Crippen molar-refractivity contribution in [1.82, 2.24) is 9.97 Å². The summed E-state index contributed by atoms with van der Waals surface area (Å²) in [5.41, 5.74) is -0.00406. The Hall–Kier alpha value is -1.65. The van der Waals surface area contributed by atoms with Gasteiger partial charge in [-0.05, 0) is 42.9 Å². The number of benzene rings is 1. The van der Waals surface area contributed by atoms with E-state index in [0.29, 0.717) is 11.3 Å². The van der Waals surface area contributed by atoms with Crippen LogP contribution in [0.1, 0.15) is 43.0 Å². The van der Waals surface area contributed by atoms with Crippen LogP contribution < -0.4 is 0 Å². The fourth-order valence-electron chi connectivity index (χ4n) is 3.72. The van der Waals surface area contributed by atoms with Crippen LogP contribution in [-0.4, -0.2) is 37.4 Å². The summed E-state index contributed by atoms with van der Waals surface area (Å²) in [6.45, 7) is 3.20. The van der Waals surface area contributed by atoms with Crippen LogP contribution in [0.25, 0.3) is 0 Å². The Morgan fingerprint density at radius 3 is 2.50 bits per heavy atom. The number of aromatic nitrogens is 2. The van der Waals surface area contributed by atoms with Gasteiger partial charge in [0.15, 0.2) is 14.9 Å². The number of imidazole rings is 1. The number of aromatic amines is 1. The molecule has 11 heteroatoms. The van der Waals surface area contributed by atoms with E-state index in [0.717, 1.165) is 12.3 Å². The lowest BCUT2D eigenvalue weighted by atomic mass is 9.63. The van der Waals surface area contributed by atoms with Gasteiger partial charge in [0.1, 0.15) is 17.7 Å². The summed E-state index contributed by atoms with van der Waals surface area (Å²) in [6, 6.07) is 3.86. The van der Waals surface area contributed by atoms with Crippen LogP contribution in [0.4, 0.5) is 17.6 Å². The van der Waals surface area contributed by atoms with E-state index in [2.05, 4.69) is 9.97 Å². The van der Waals surface area contributed by atoms with Gasteiger partial charge in [0.25, 0.3) is 0 Å². The molecular formula is C19H21ClF4N2O3S. The number of hydrogen-bond donors (Lipinski definition) is 1. The molecule has 2 aromatic rings. The number of nitrogens with one attached hydrogen (secondary N) is 1. The maximum Gasteiger partial charge on any atom is 0.391 e. The highest BCUT2D eigenvalue weighted by Crippen LogP contribution is 2.53. The number of hydrogen-bond acceptors (Lipinski definition) is 4. The first kappa shape index (κ1) is 23.0. The maximum atomic E-state index is 13.6. The maximum absolute atomic E-state index is 13.6. The van der Waals surface area contributed by atoms with Gasteiger partial charge in [-0.1, -0.05) is 24.6 Å². The third-order valence-electron chi connectivity index (χ3n) is 5.24. The highest BCUT2D eigenvalue weighted by atomic mass is 35.5. The first-order chi connectivity index (χ1) is 13.7. The molecule has 0 bridgehead atoms. The normalized spacial score (nSPS) is 23.3. The first-order valence-electron chi connectivity index (χ1n) is 9.09. The number of sulfone groups is 1. The Labute approximate surface area is 176 Å². The summed E-state index contributed by atoms with van der Waals surface area (Å²) >= 11 is 5.87.